The summed E-state index contributed by atoms with van der Waals surface area (Å²) < 4.78 is 5.40. The molecule has 0 aliphatic heterocycles. The van der Waals surface area contributed by atoms with Gasteiger partial charge in [0.1, 0.15) is 6.10 Å². The zero-order valence-corrected chi connectivity index (χ0v) is 12.1. The van der Waals surface area contributed by atoms with Crippen LogP contribution >= 0.6 is 0 Å². The highest BCUT2D eigenvalue weighted by molar-refractivity contribution is 5.73. The Morgan fingerprint density at radius 3 is 2.24 bits per heavy atom. The summed E-state index contributed by atoms with van der Waals surface area (Å²) in [5, 5.41) is 0. The van der Waals surface area contributed by atoms with Gasteiger partial charge in [0, 0.05) is 13.1 Å². The molecule has 102 valence electrons. The number of likely N-dealkylation sites (N-methyl/N-ethyl adjacent to an activating group) is 1. The number of rotatable bonds is 6. The molecule has 0 saturated heterocycles. The highest BCUT2D eigenvalue weighted by Crippen LogP contribution is 2.24. The Labute approximate surface area is 105 Å². The molecule has 0 aromatic heterocycles. The third-order valence-corrected chi connectivity index (χ3v) is 2.42. The molecule has 4 nitrogen and oxygen atoms in total. The van der Waals surface area contributed by atoms with Crippen LogP contribution in [-0.2, 0) is 9.53 Å². The molecule has 0 saturated carbocycles. The third-order valence-electron chi connectivity index (χ3n) is 2.42. The fraction of sp³-hybridized carbons (Fsp3) is 0.923. The van der Waals surface area contributed by atoms with Gasteiger partial charge >= 0.3 is 5.97 Å². The van der Waals surface area contributed by atoms with Gasteiger partial charge in [0.25, 0.3) is 0 Å². The molecule has 0 aromatic rings. The van der Waals surface area contributed by atoms with Gasteiger partial charge < -0.3 is 15.4 Å². The maximum absolute atomic E-state index is 11.9. The van der Waals surface area contributed by atoms with Crippen LogP contribution in [0.2, 0.25) is 0 Å². The number of hydrogen-bond donors (Lipinski definition) is 1. The average Bonchev–Trinajstić information content (AvgIpc) is 2.10. The standard InChI is InChI=1S/C13H28N2O2/c1-10(9-15(5)6)17-12(16)11(8-14)7-13(2,3)4/h10-11H,7-9,14H2,1-6H3. The fourth-order valence-electron chi connectivity index (χ4n) is 1.85. The molecule has 0 aliphatic carbocycles. The molecule has 0 heterocycles. The molecular weight excluding hydrogens is 216 g/mol. The molecule has 0 aliphatic rings. The smallest absolute Gasteiger partial charge is 0.310 e. The second-order valence-electron chi connectivity index (χ2n) is 6.21. The molecular formula is C13H28N2O2. The summed E-state index contributed by atoms with van der Waals surface area (Å²) in [6.07, 6.45) is 0.670. The first-order chi connectivity index (χ1) is 7.65. The number of carbonyl (C=O) groups excluding carboxylic acids is 1. The molecule has 0 bridgehead atoms. The first kappa shape index (κ1) is 16.4. The third kappa shape index (κ3) is 8.16. The molecule has 17 heavy (non-hydrogen) atoms. The number of carbonyl (C=O) groups is 1. The van der Waals surface area contributed by atoms with E-state index in [1.807, 2.05) is 25.9 Å². The second kappa shape index (κ2) is 6.97. The van der Waals surface area contributed by atoms with Gasteiger partial charge in [-0.1, -0.05) is 20.8 Å². The van der Waals surface area contributed by atoms with Crippen molar-refractivity contribution in [1.29, 1.82) is 0 Å². The Morgan fingerprint density at radius 2 is 1.88 bits per heavy atom. The van der Waals surface area contributed by atoms with E-state index in [-0.39, 0.29) is 23.4 Å². The van der Waals surface area contributed by atoms with Crippen molar-refractivity contribution in [2.45, 2.75) is 40.2 Å². The van der Waals surface area contributed by atoms with Gasteiger partial charge in [-0.2, -0.15) is 0 Å². The van der Waals surface area contributed by atoms with Crippen molar-refractivity contribution in [2.24, 2.45) is 17.1 Å². The summed E-state index contributed by atoms with van der Waals surface area (Å²) in [6, 6.07) is 0. The molecule has 2 atom stereocenters. The van der Waals surface area contributed by atoms with Gasteiger partial charge in [-0.25, -0.2) is 0 Å². The van der Waals surface area contributed by atoms with E-state index in [9.17, 15) is 4.79 Å². The molecule has 2 N–H and O–H groups in total. The lowest BCUT2D eigenvalue weighted by molar-refractivity contribution is -0.154. The van der Waals surface area contributed by atoms with Crippen molar-refractivity contribution < 1.29 is 9.53 Å². The molecule has 0 radical (unpaired) electrons. The van der Waals surface area contributed by atoms with Crippen LogP contribution in [0.25, 0.3) is 0 Å². The minimum Gasteiger partial charge on any atom is -0.461 e. The molecule has 0 aromatic carbocycles. The van der Waals surface area contributed by atoms with Crippen LogP contribution in [-0.4, -0.2) is 44.2 Å². The summed E-state index contributed by atoms with van der Waals surface area (Å²) in [7, 11) is 3.92. The number of nitrogens with zero attached hydrogens (tertiary/aromatic N) is 1. The van der Waals surface area contributed by atoms with E-state index in [2.05, 4.69) is 20.8 Å². The Hall–Kier alpha value is -0.610. The van der Waals surface area contributed by atoms with Crippen molar-refractivity contribution in [2.75, 3.05) is 27.2 Å². The first-order valence-electron chi connectivity index (χ1n) is 6.21. The lowest BCUT2D eigenvalue weighted by Gasteiger charge is -2.25. The summed E-state index contributed by atoms with van der Waals surface area (Å²) in [5.41, 5.74) is 5.74. The maximum Gasteiger partial charge on any atom is 0.310 e. The van der Waals surface area contributed by atoms with E-state index in [1.54, 1.807) is 0 Å². The van der Waals surface area contributed by atoms with Gasteiger partial charge in [-0.3, -0.25) is 4.79 Å². The van der Waals surface area contributed by atoms with Crippen LogP contribution in [0.3, 0.4) is 0 Å². The molecule has 0 amide bonds. The average molecular weight is 244 g/mol. The van der Waals surface area contributed by atoms with E-state index in [0.29, 0.717) is 6.54 Å². The van der Waals surface area contributed by atoms with Gasteiger partial charge in [-0.15, -0.1) is 0 Å². The lowest BCUT2D eigenvalue weighted by Crippen LogP contribution is -2.34. The summed E-state index contributed by atoms with van der Waals surface area (Å²) in [5.74, 6) is -0.364. The predicted octanol–water partition coefficient (Wildman–Crippen LogP) is 1.49. The number of ether oxygens (including phenoxy) is 1. The molecule has 2 unspecified atom stereocenters. The van der Waals surface area contributed by atoms with E-state index < -0.39 is 0 Å². The monoisotopic (exact) mass is 244 g/mol. The molecule has 0 spiro atoms. The largest absolute Gasteiger partial charge is 0.461 e. The minimum absolute atomic E-state index is 0.0911. The highest BCUT2D eigenvalue weighted by atomic mass is 16.5. The molecule has 0 fully saturated rings. The maximum atomic E-state index is 11.9. The van der Waals surface area contributed by atoms with Crippen LogP contribution in [0, 0.1) is 11.3 Å². The number of nitrogens with two attached hydrogens (primary N) is 1. The Kier molecular flexibility index (Phi) is 6.72. The summed E-state index contributed by atoms with van der Waals surface area (Å²) >= 11 is 0. The van der Waals surface area contributed by atoms with Gasteiger partial charge in [-0.05, 0) is 32.9 Å². The van der Waals surface area contributed by atoms with Gasteiger partial charge in [0.05, 0.1) is 5.92 Å². The molecule has 4 heteroatoms. The van der Waals surface area contributed by atoms with Crippen molar-refractivity contribution in [1.82, 2.24) is 4.90 Å². The summed E-state index contributed by atoms with van der Waals surface area (Å²) in [4.78, 5) is 13.9. The van der Waals surface area contributed by atoms with Crippen LogP contribution in [0.5, 0.6) is 0 Å². The first-order valence-corrected chi connectivity index (χ1v) is 6.21. The normalized spacial score (nSPS) is 15.8. The SMILES string of the molecule is CC(CN(C)C)OC(=O)C(CN)CC(C)(C)C. The van der Waals surface area contributed by atoms with Crippen molar-refractivity contribution >= 4 is 5.97 Å². The minimum atomic E-state index is -0.195. The number of esters is 1. The lowest BCUT2D eigenvalue weighted by atomic mass is 9.84. The van der Waals surface area contributed by atoms with E-state index in [1.165, 1.54) is 0 Å². The van der Waals surface area contributed by atoms with Gasteiger partial charge in [0.15, 0.2) is 0 Å². The quantitative estimate of drug-likeness (QED) is 0.719. The van der Waals surface area contributed by atoms with Crippen LogP contribution in [0.4, 0.5) is 0 Å². The second-order valence-corrected chi connectivity index (χ2v) is 6.21. The van der Waals surface area contributed by atoms with Crippen LogP contribution in [0.15, 0.2) is 0 Å². The Bertz CT molecular complexity index is 234. The Balaban J connectivity index is 4.26. The highest BCUT2D eigenvalue weighted by Gasteiger charge is 2.26. The topological polar surface area (TPSA) is 55.6 Å². The predicted molar refractivity (Wildman–Crippen MR) is 70.7 cm³/mol. The van der Waals surface area contributed by atoms with Crippen molar-refractivity contribution in [3.05, 3.63) is 0 Å². The van der Waals surface area contributed by atoms with Crippen LogP contribution in [0.1, 0.15) is 34.1 Å². The van der Waals surface area contributed by atoms with Gasteiger partial charge in [0.2, 0.25) is 0 Å². The zero-order valence-electron chi connectivity index (χ0n) is 12.1. The number of hydrogen-bond acceptors (Lipinski definition) is 4. The summed E-state index contributed by atoms with van der Waals surface area (Å²) in [6.45, 7) is 9.30. The molecule has 0 rings (SSSR count). The van der Waals surface area contributed by atoms with Crippen LogP contribution < -0.4 is 5.73 Å². The fourth-order valence-corrected chi connectivity index (χ4v) is 1.85. The van der Waals surface area contributed by atoms with Crippen molar-refractivity contribution in [3.8, 4) is 0 Å². The van der Waals surface area contributed by atoms with E-state index >= 15 is 0 Å². The van der Waals surface area contributed by atoms with Crippen molar-refractivity contribution in [3.63, 3.8) is 0 Å². The zero-order chi connectivity index (χ0) is 13.6. The van der Waals surface area contributed by atoms with E-state index in [4.69, 9.17) is 10.5 Å². The Morgan fingerprint density at radius 1 is 1.35 bits per heavy atom. The van der Waals surface area contributed by atoms with E-state index in [0.717, 1.165) is 13.0 Å².